The third kappa shape index (κ3) is 6.32. The van der Waals surface area contributed by atoms with Gasteiger partial charge in [-0.1, -0.05) is 35.9 Å². The number of hydrogen-bond donors (Lipinski definition) is 1. The highest BCUT2D eigenvalue weighted by Crippen LogP contribution is 2.11. The molecule has 0 aliphatic carbocycles. The third-order valence-electron chi connectivity index (χ3n) is 3.66. The summed E-state index contributed by atoms with van der Waals surface area (Å²) in [5.74, 6) is 0.0940. The van der Waals surface area contributed by atoms with Crippen LogP contribution in [-0.2, 0) is 11.2 Å². The lowest BCUT2D eigenvalue weighted by Crippen LogP contribution is -2.33. The molecule has 1 aromatic rings. The van der Waals surface area contributed by atoms with E-state index in [0.717, 1.165) is 30.1 Å². The molecule has 0 bridgehead atoms. The lowest BCUT2D eigenvalue weighted by molar-refractivity contribution is -0.120. The molecule has 1 aliphatic rings. The second kappa shape index (κ2) is 8.85. The predicted octanol–water partition coefficient (Wildman–Crippen LogP) is 3.04. The van der Waals surface area contributed by atoms with Gasteiger partial charge in [0.15, 0.2) is 0 Å². The molecular formula is C17H23ClN2O. The number of likely N-dealkylation sites (tertiary alicyclic amines) is 1. The molecule has 1 saturated heterocycles. The van der Waals surface area contributed by atoms with Gasteiger partial charge in [0.2, 0.25) is 5.91 Å². The molecule has 0 unspecified atom stereocenters. The minimum atomic E-state index is 0.0940. The number of benzene rings is 1. The first-order chi connectivity index (χ1) is 10.2. The fraction of sp³-hybridized carbons (Fsp3) is 0.471. The lowest BCUT2D eigenvalue weighted by atomic mass is 10.1. The van der Waals surface area contributed by atoms with Crippen molar-refractivity contribution in [1.29, 1.82) is 0 Å². The van der Waals surface area contributed by atoms with Gasteiger partial charge in [0.05, 0.1) is 0 Å². The number of rotatable bonds is 7. The molecule has 0 spiro atoms. The van der Waals surface area contributed by atoms with Gasteiger partial charge in [-0.3, -0.25) is 4.79 Å². The van der Waals surface area contributed by atoms with E-state index in [-0.39, 0.29) is 5.91 Å². The number of nitrogens with one attached hydrogen (secondary N) is 1. The molecule has 1 fully saturated rings. The summed E-state index contributed by atoms with van der Waals surface area (Å²) >= 11 is 5.93. The molecule has 3 nitrogen and oxygen atoms in total. The van der Waals surface area contributed by atoms with Crippen LogP contribution < -0.4 is 5.32 Å². The number of amides is 1. The number of halogens is 1. The molecule has 114 valence electrons. The highest BCUT2D eigenvalue weighted by Gasteiger charge is 2.10. The molecule has 1 N–H and O–H groups in total. The Kier molecular flexibility index (Phi) is 6.77. The van der Waals surface area contributed by atoms with Gasteiger partial charge in [-0.2, -0.15) is 0 Å². The zero-order valence-electron chi connectivity index (χ0n) is 12.4. The molecule has 0 aromatic heterocycles. The average Bonchev–Trinajstić information content (AvgIpc) is 2.97. The molecule has 0 atom stereocenters. The molecule has 1 aromatic carbocycles. The van der Waals surface area contributed by atoms with Crippen LogP contribution >= 0.6 is 11.6 Å². The van der Waals surface area contributed by atoms with Crippen molar-refractivity contribution < 1.29 is 4.79 Å². The summed E-state index contributed by atoms with van der Waals surface area (Å²) in [7, 11) is 0. The first kappa shape index (κ1) is 16.1. The second-order valence-corrected chi connectivity index (χ2v) is 5.84. The van der Waals surface area contributed by atoms with Crippen molar-refractivity contribution in [2.45, 2.75) is 25.7 Å². The quantitative estimate of drug-likeness (QED) is 0.785. The standard InChI is InChI=1S/C17H23ClN2O/c18-16-8-5-7-15(14-16)6-1-2-9-17(21)19-10-13-20-11-3-4-12-20/h1-2,5,7-8,14H,3-4,6,9-13H2,(H,19,21)/b2-1-. The van der Waals surface area contributed by atoms with Crippen molar-refractivity contribution in [2.24, 2.45) is 0 Å². The number of allylic oxidation sites excluding steroid dienone is 1. The van der Waals surface area contributed by atoms with Gasteiger partial charge in [-0.25, -0.2) is 0 Å². The Morgan fingerprint density at radius 2 is 2.10 bits per heavy atom. The molecule has 4 heteroatoms. The van der Waals surface area contributed by atoms with Crippen LogP contribution in [0.1, 0.15) is 24.8 Å². The zero-order chi connectivity index (χ0) is 14.9. The normalized spacial score (nSPS) is 15.7. The van der Waals surface area contributed by atoms with Gasteiger partial charge in [0.25, 0.3) is 0 Å². The lowest BCUT2D eigenvalue weighted by Gasteiger charge is -2.14. The maximum Gasteiger partial charge on any atom is 0.223 e. The van der Waals surface area contributed by atoms with Crippen molar-refractivity contribution in [3.63, 3.8) is 0 Å². The maximum atomic E-state index is 11.7. The average molecular weight is 307 g/mol. The van der Waals surface area contributed by atoms with Crippen molar-refractivity contribution in [2.75, 3.05) is 26.2 Å². The van der Waals surface area contributed by atoms with Gasteiger partial charge < -0.3 is 10.2 Å². The van der Waals surface area contributed by atoms with E-state index in [4.69, 9.17) is 11.6 Å². The molecule has 1 amide bonds. The summed E-state index contributed by atoms with van der Waals surface area (Å²) in [5, 5.41) is 3.71. The summed E-state index contributed by atoms with van der Waals surface area (Å²) in [6.45, 7) is 4.07. The minimum absolute atomic E-state index is 0.0940. The van der Waals surface area contributed by atoms with E-state index in [1.54, 1.807) is 0 Å². The second-order valence-electron chi connectivity index (χ2n) is 5.41. The Labute approximate surface area is 132 Å². The third-order valence-corrected chi connectivity index (χ3v) is 3.90. The largest absolute Gasteiger partial charge is 0.355 e. The van der Waals surface area contributed by atoms with E-state index in [9.17, 15) is 4.79 Å². The van der Waals surface area contributed by atoms with E-state index >= 15 is 0 Å². The SMILES string of the molecule is O=C(C/C=C\Cc1cccc(Cl)c1)NCCN1CCCC1. The molecule has 1 heterocycles. The monoisotopic (exact) mass is 306 g/mol. The van der Waals surface area contributed by atoms with Crippen LogP contribution in [-0.4, -0.2) is 37.0 Å². The maximum absolute atomic E-state index is 11.7. The van der Waals surface area contributed by atoms with Crippen LogP contribution in [0, 0.1) is 0 Å². The topological polar surface area (TPSA) is 32.3 Å². The summed E-state index contributed by atoms with van der Waals surface area (Å²) in [4.78, 5) is 14.1. The van der Waals surface area contributed by atoms with Crippen molar-refractivity contribution in [3.8, 4) is 0 Å². The van der Waals surface area contributed by atoms with Crippen LogP contribution in [0.5, 0.6) is 0 Å². The van der Waals surface area contributed by atoms with E-state index < -0.39 is 0 Å². The molecule has 0 saturated carbocycles. The van der Waals surface area contributed by atoms with Gasteiger partial charge in [-0.05, 0) is 50.0 Å². The molecule has 21 heavy (non-hydrogen) atoms. The van der Waals surface area contributed by atoms with Crippen LogP contribution in [0.3, 0.4) is 0 Å². The molecule has 1 aliphatic heterocycles. The van der Waals surface area contributed by atoms with Crippen LogP contribution in [0.2, 0.25) is 5.02 Å². The Bertz CT molecular complexity index is 481. The highest BCUT2D eigenvalue weighted by molar-refractivity contribution is 6.30. The van der Waals surface area contributed by atoms with Gasteiger partial charge in [0, 0.05) is 24.5 Å². The minimum Gasteiger partial charge on any atom is -0.355 e. The Morgan fingerprint density at radius 1 is 1.29 bits per heavy atom. The molecular weight excluding hydrogens is 284 g/mol. The van der Waals surface area contributed by atoms with E-state index in [0.29, 0.717) is 6.42 Å². The highest BCUT2D eigenvalue weighted by atomic mass is 35.5. The van der Waals surface area contributed by atoms with Crippen LogP contribution in [0.15, 0.2) is 36.4 Å². The number of carbonyl (C=O) groups is 1. The number of hydrogen-bond acceptors (Lipinski definition) is 2. The number of nitrogens with zero attached hydrogens (tertiary/aromatic N) is 1. The van der Waals surface area contributed by atoms with E-state index in [2.05, 4.69) is 10.2 Å². The number of carbonyl (C=O) groups excluding carboxylic acids is 1. The van der Waals surface area contributed by atoms with Gasteiger partial charge in [-0.15, -0.1) is 0 Å². The first-order valence-electron chi connectivity index (χ1n) is 7.62. The van der Waals surface area contributed by atoms with Crippen molar-refractivity contribution in [1.82, 2.24) is 10.2 Å². The smallest absolute Gasteiger partial charge is 0.223 e. The molecule has 0 radical (unpaired) electrons. The van der Waals surface area contributed by atoms with E-state index in [1.165, 1.54) is 25.9 Å². The van der Waals surface area contributed by atoms with Crippen LogP contribution in [0.4, 0.5) is 0 Å². The fourth-order valence-electron chi connectivity index (χ4n) is 2.51. The summed E-state index contributed by atoms with van der Waals surface area (Å²) < 4.78 is 0. The van der Waals surface area contributed by atoms with E-state index in [1.807, 2.05) is 36.4 Å². The summed E-state index contributed by atoms with van der Waals surface area (Å²) in [5.41, 5.74) is 1.16. The zero-order valence-corrected chi connectivity index (χ0v) is 13.1. The summed E-state index contributed by atoms with van der Waals surface area (Å²) in [6, 6.07) is 7.79. The Hall–Kier alpha value is -1.32. The Morgan fingerprint density at radius 3 is 2.86 bits per heavy atom. The van der Waals surface area contributed by atoms with Gasteiger partial charge in [0.1, 0.15) is 0 Å². The van der Waals surface area contributed by atoms with Crippen LogP contribution in [0.25, 0.3) is 0 Å². The first-order valence-corrected chi connectivity index (χ1v) is 8.00. The molecule has 2 rings (SSSR count). The van der Waals surface area contributed by atoms with Crippen molar-refractivity contribution >= 4 is 17.5 Å². The predicted molar refractivity (Wildman–Crippen MR) is 87.6 cm³/mol. The Balaban J connectivity index is 1.58. The van der Waals surface area contributed by atoms with Crippen molar-refractivity contribution in [3.05, 3.63) is 47.0 Å². The fourth-order valence-corrected chi connectivity index (χ4v) is 2.72. The summed E-state index contributed by atoms with van der Waals surface area (Å²) in [6.07, 6.45) is 7.78. The van der Waals surface area contributed by atoms with Gasteiger partial charge >= 0.3 is 0 Å².